The minimum atomic E-state index is 0. The van der Waals surface area contributed by atoms with Gasteiger partial charge in [0.1, 0.15) is 0 Å². The molecule has 7 heteroatoms. The quantitative estimate of drug-likeness (QED) is 0.430. The van der Waals surface area contributed by atoms with Gasteiger partial charge in [-0.05, 0) is 0 Å². The van der Waals surface area contributed by atoms with Crippen molar-refractivity contribution in [3.05, 3.63) is 0 Å². The Morgan fingerprint density at radius 1 is 0.286 bits per heavy atom. The van der Waals surface area contributed by atoms with E-state index in [0.29, 0.717) is 0 Å². The van der Waals surface area contributed by atoms with E-state index < -0.39 is 0 Å². The van der Waals surface area contributed by atoms with Crippen LogP contribution in [0.4, 0.5) is 0 Å². The van der Waals surface area contributed by atoms with Gasteiger partial charge in [0.25, 0.3) is 0 Å². The summed E-state index contributed by atoms with van der Waals surface area (Å²) in [7, 11) is 0. The lowest BCUT2D eigenvalue weighted by molar-refractivity contribution is 6.92. The van der Waals surface area contributed by atoms with E-state index in [0.717, 1.165) is 0 Å². The van der Waals surface area contributed by atoms with Crippen molar-refractivity contribution in [3.8, 4) is 0 Å². The fraction of sp³-hybridized carbons (Fsp3) is 0. The lowest BCUT2D eigenvalue weighted by atomic mass is 31.0. The Hall–Kier alpha value is 3.31. The first-order valence-corrected chi connectivity index (χ1v) is 0. The number of hydrogen-bond donors (Lipinski definition) is 0. The largest absolute Gasteiger partial charge is 0.153 e. The van der Waals surface area contributed by atoms with Gasteiger partial charge in [-0.15, -0.1) is 102 Å². The lowest BCUT2D eigenvalue weighted by Crippen LogP contribution is 0.845. The zero-order valence-corrected chi connectivity index (χ0v) is 14.8. The Morgan fingerprint density at radius 2 is 0.286 bits per heavy atom. The maximum Gasteiger partial charge on any atom is -0.114 e. The second kappa shape index (κ2) is 58.7. The minimum Gasteiger partial charge on any atom is -0.153 e. The van der Waals surface area contributed by atoms with Gasteiger partial charge in [0.2, 0.25) is 0 Å². The molecule has 0 aromatic rings. The monoisotopic (exact) mass is 514 g/mol. The van der Waals surface area contributed by atoms with E-state index in [1.807, 2.05) is 0 Å². The van der Waals surface area contributed by atoms with E-state index in [1.165, 1.54) is 0 Å². The normalized spacial score (nSPS) is 0. The fourth-order valence-electron chi connectivity index (χ4n) is 0. The number of halogens is 6. The first kappa shape index (κ1) is 81.6. The minimum absolute atomic E-state index is 0. The molecular weight excluding hydrogens is 510 g/mol. The summed E-state index contributed by atoms with van der Waals surface area (Å²) in [5.41, 5.74) is 0. The molecule has 0 radical (unpaired) electrons. The molecule has 0 heterocycles. The summed E-state index contributed by atoms with van der Waals surface area (Å²) in [6.07, 6.45) is 0. The highest BCUT2D eigenvalue weighted by Gasteiger charge is -0.108. The average molecular weight is 519 g/mol. The molecule has 7 heavy (non-hydrogen) atoms. The van der Waals surface area contributed by atoms with Gasteiger partial charge in [-0.1, -0.05) is 0 Å². The van der Waals surface area contributed by atoms with Gasteiger partial charge in [-0.2, -0.15) is 9.90 Å². The smallest absolute Gasteiger partial charge is 0.114 e. The van der Waals surface area contributed by atoms with E-state index in [1.54, 1.807) is 0 Å². The Morgan fingerprint density at radius 3 is 0.286 bits per heavy atom. The van der Waals surface area contributed by atoms with Gasteiger partial charge in [0, 0.05) is 0 Å². The molecule has 1 unspecified atom stereocenters. The Balaban J connectivity index is 0. The van der Waals surface area contributed by atoms with E-state index in [9.17, 15) is 0 Å². The first-order valence-electron chi connectivity index (χ1n) is 0. The molecule has 0 aliphatic carbocycles. The number of rotatable bonds is 0. The summed E-state index contributed by atoms with van der Waals surface area (Å²) in [6, 6.07) is 0. The van der Waals surface area contributed by atoms with Crippen molar-refractivity contribution in [1.82, 2.24) is 0 Å². The van der Waals surface area contributed by atoms with Gasteiger partial charge >= 0.3 is 0 Å². The Labute approximate surface area is 110 Å². The van der Waals surface area contributed by atoms with Crippen LogP contribution < -0.4 is 0 Å². The maximum absolute atomic E-state index is 0. The molecule has 1 atom stereocenters. The van der Waals surface area contributed by atoms with Gasteiger partial charge < -0.3 is 0 Å². The molecule has 0 nitrogen and oxygen atoms in total. The van der Waals surface area contributed by atoms with Gasteiger partial charge in [0.15, 0.2) is 0 Å². The lowest BCUT2D eigenvalue weighted by Gasteiger charge is -0.154. The molecule has 0 amide bonds. The van der Waals surface area contributed by atoms with Crippen LogP contribution in [-0.4, -0.2) is 0 Å². The predicted molar refractivity (Wildman–Crippen MR) is 73.0 cm³/mol. The van der Waals surface area contributed by atoms with E-state index >= 15 is 0 Å². The summed E-state index contributed by atoms with van der Waals surface area (Å²) < 4.78 is 0. The second-order valence-electron chi connectivity index (χ2n) is 0. The molecular formula is H9Br6P. The summed E-state index contributed by atoms with van der Waals surface area (Å²) in [5.74, 6) is 0. The number of hydrogen-bond acceptors (Lipinski definition) is 0. The van der Waals surface area contributed by atoms with Crippen molar-refractivity contribution in [3.63, 3.8) is 0 Å². The summed E-state index contributed by atoms with van der Waals surface area (Å²) in [5, 5.41) is 0. The van der Waals surface area contributed by atoms with Crippen molar-refractivity contribution in [2.24, 2.45) is 0 Å². The molecule has 56 valence electrons. The van der Waals surface area contributed by atoms with Crippen LogP contribution in [0.3, 0.4) is 0 Å². The summed E-state index contributed by atoms with van der Waals surface area (Å²) in [4.78, 5) is 0. The van der Waals surface area contributed by atoms with Crippen LogP contribution in [0.2, 0.25) is 0 Å². The van der Waals surface area contributed by atoms with Crippen LogP contribution in [0.5, 0.6) is 0 Å². The van der Waals surface area contributed by atoms with Gasteiger partial charge in [0.05, 0.1) is 0 Å². The van der Waals surface area contributed by atoms with Crippen LogP contribution in [0.1, 0.15) is 0 Å². The molecule has 0 aliphatic heterocycles. The van der Waals surface area contributed by atoms with E-state index in [-0.39, 0.29) is 112 Å². The predicted octanol–water partition coefficient (Wildman–Crippen LogP) is 3.53. The molecule has 0 bridgehead atoms. The maximum atomic E-state index is 0. The molecule has 0 aromatic carbocycles. The summed E-state index contributed by atoms with van der Waals surface area (Å²) >= 11 is 0. The molecule has 0 saturated carbocycles. The van der Waals surface area contributed by atoms with Crippen molar-refractivity contribution in [2.45, 2.75) is 0 Å². The molecule has 0 rings (SSSR count). The molecule has 0 spiro atoms. The van der Waals surface area contributed by atoms with E-state index in [4.69, 9.17) is 0 Å². The zero-order chi connectivity index (χ0) is 0. The Bertz CT molecular complexity index is 4.14. The van der Waals surface area contributed by atoms with Crippen LogP contribution in [0.15, 0.2) is 0 Å². The highest BCUT2D eigenvalue weighted by Crippen LogP contribution is 0.862. The fourth-order valence-corrected chi connectivity index (χ4v) is 0. The standard InChI is InChI=1S/6BrH.H3P/h6*1H;1H3. The van der Waals surface area contributed by atoms with Gasteiger partial charge in [-0.3, -0.25) is 0 Å². The average Bonchev–Trinajstić information content (AvgIpc) is 0. The third kappa shape index (κ3) is 45.4. The highest BCUT2D eigenvalue weighted by atomic mass is 79.9. The Kier molecular flexibility index (Phi) is 684. The summed E-state index contributed by atoms with van der Waals surface area (Å²) in [6.45, 7) is 0. The third-order valence-corrected chi connectivity index (χ3v) is 0. The van der Waals surface area contributed by atoms with Crippen molar-refractivity contribution in [2.75, 3.05) is 0 Å². The van der Waals surface area contributed by atoms with Crippen LogP contribution in [0, 0.1) is 0 Å². The highest BCUT2D eigenvalue weighted by molar-refractivity contribution is 8.93. The molecule has 0 saturated heterocycles. The van der Waals surface area contributed by atoms with Gasteiger partial charge in [-0.25, -0.2) is 0 Å². The first-order chi connectivity index (χ1) is 0. The second-order valence-corrected chi connectivity index (χ2v) is 0. The molecule has 0 aromatic heterocycles. The van der Waals surface area contributed by atoms with Crippen molar-refractivity contribution in [1.29, 1.82) is 0 Å². The van der Waals surface area contributed by atoms with E-state index in [2.05, 4.69) is 0 Å². The SMILES string of the molecule is Br.Br.Br.Br.Br.Br.P. The van der Waals surface area contributed by atoms with Crippen LogP contribution in [0.25, 0.3) is 0 Å². The molecule has 0 N–H and O–H groups in total. The van der Waals surface area contributed by atoms with Crippen LogP contribution in [-0.2, 0) is 0 Å². The molecule has 0 aliphatic rings. The third-order valence-electron chi connectivity index (χ3n) is 0. The van der Waals surface area contributed by atoms with Crippen LogP contribution >= 0.6 is 112 Å². The van der Waals surface area contributed by atoms with Crippen molar-refractivity contribution >= 4 is 112 Å². The molecule has 0 fully saturated rings. The van der Waals surface area contributed by atoms with Crippen molar-refractivity contribution < 1.29 is 0 Å². The topological polar surface area (TPSA) is 0 Å². The zero-order valence-electron chi connectivity index (χ0n) is 3.16.